The second-order valence-corrected chi connectivity index (χ2v) is 3.11. The van der Waals surface area contributed by atoms with E-state index in [0.29, 0.717) is 10.2 Å². The summed E-state index contributed by atoms with van der Waals surface area (Å²) in [5.41, 5.74) is 6.41. The number of halogens is 2. The molecular formula is C7H8Cl2N2. The monoisotopic (exact) mass is 190 g/mol. The van der Waals surface area contributed by atoms with Crippen LogP contribution in [0.15, 0.2) is 12.3 Å². The summed E-state index contributed by atoms with van der Waals surface area (Å²) in [6.07, 6.45) is 1.59. The van der Waals surface area contributed by atoms with Gasteiger partial charge in [-0.15, -0.1) is 0 Å². The van der Waals surface area contributed by atoms with Gasteiger partial charge in [-0.2, -0.15) is 0 Å². The zero-order valence-electron chi connectivity index (χ0n) is 6.01. The fraction of sp³-hybridized carbons (Fsp3) is 0.286. The summed E-state index contributed by atoms with van der Waals surface area (Å²) in [5, 5.41) is 0.958. The van der Waals surface area contributed by atoms with Gasteiger partial charge in [-0.3, -0.25) is 0 Å². The zero-order valence-corrected chi connectivity index (χ0v) is 7.52. The van der Waals surface area contributed by atoms with Gasteiger partial charge in [0, 0.05) is 22.8 Å². The molecule has 0 aliphatic carbocycles. The van der Waals surface area contributed by atoms with E-state index in [9.17, 15) is 0 Å². The fourth-order valence-corrected chi connectivity index (χ4v) is 1.29. The number of hydrogen-bond donors (Lipinski definition) is 1. The molecule has 4 heteroatoms. The summed E-state index contributed by atoms with van der Waals surface area (Å²) < 4.78 is 0. The van der Waals surface area contributed by atoms with E-state index in [-0.39, 0.29) is 6.04 Å². The van der Waals surface area contributed by atoms with Crippen LogP contribution in [-0.2, 0) is 0 Å². The predicted octanol–water partition coefficient (Wildman–Crippen LogP) is 2.41. The van der Waals surface area contributed by atoms with Crippen molar-refractivity contribution in [1.29, 1.82) is 0 Å². The molecule has 2 nitrogen and oxygen atoms in total. The average molecular weight is 191 g/mol. The van der Waals surface area contributed by atoms with E-state index < -0.39 is 0 Å². The summed E-state index contributed by atoms with van der Waals surface area (Å²) in [7, 11) is 0. The Hall–Kier alpha value is -0.310. The molecular weight excluding hydrogens is 183 g/mol. The van der Waals surface area contributed by atoms with Gasteiger partial charge >= 0.3 is 0 Å². The molecule has 1 rings (SSSR count). The van der Waals surface area contributed by atoms with Gasteiger partial charge in [-0.1, -0.05) is 23.2 Å². The summed E-state index contributed by atoms with van der Waals surface area (Å²) in [5.74, 6) is 0. The lowest BCUT2D eigenvalue weighted by molar-refractivity contribution is 0.812. The van der Waals surface area contributed by atoms with E-state index in [4.69, 9.17) is 28.9 Å². The molecule has 60 valence electrons. The molecule has 0 aliphatic rings. The molecule has 11 heavy (non-hydrogen) atoms. The maximum Gasteiger partial charge on any atom is 0.130 e. The van der Waals surface area contributed by atoms with Crippen LogP contribution in [0.5, 0.6) is 0 Å². The van der Waals surface area contributed by atoms with Crippen LogP contribution >= 0.6 is 23.2 Å². The summed E-state index contributed by atoms with van der Waals surface area (Å²) in [4.78, 5) is 3.86. The van der Waals surface area contributed by atoms with E-state index in [0.717, 1.165) is 5.56 Å². The first-order valence-corrected chi connectivity index (χ1v) is 3.93. The minimum atomic E-state index is -0.104. The van der Waals surface area contributed by atoms with Crippen LogP contribution < -0.4 is 5.73 Å². The van der Waals surface area contributed by atoms with Crippen molar-refractivity contribution in [2.24, 2.45) is 5.73 Å². The molecule has 0 radical (unpaired) electrons. The Balaban J connectivity index is 3.09. The summed E-state index contributed by atoms with van der Waals surface area (Å²) in [6, 6.07) is 1.48. The Morgan fingerprint density at radius 1 is 1.55 bits per heavy atom. The average Bonchev–Trinajstić information content (AvgIpc) is 1.85. The molecule has 1 unspecified atom stereocenters. The van der Waals surface area contributed by atoms with Crippen molar-refractivity contribution in [2.45, 2.75) is 13.0 Å². The van der Waals surface area contributed by atoms with Crippen LogP contribution in [0.3, 0.4) is 0 Å². The van der Waals surface area contributed by atoms with Gasteiger partial charge < -0.3 is 5.73 Å². The quantitative estimate of drug-likeness (QED) is 0.692. The van der Waals surface area contributed by atoms with E-state index >= 15 is 0 Å². The smallest absolute Gasteiger partial charge is 0.130 e. The van der Waals surface area contributed by atoms with E-state index in [2.05, 4.69) is 4.98 Å². The molecule has 0 aromatic carbocycles. The molecule has 0 aliphatic heterocycles. The van der Waals surface area contributed by atoms with Gasteiger partial charge in [0.25, 0.3) is 0 Å². The van der Waals surface area contributed by atoms with Crippen molar-refractivity contribution in [1.82, 2.24) is 4.98 Å². The highest BCUT2D eigenvalue weighted by molar-refractivity contribution is 6.34. The maximum absolute atomic E-state index is 5.82. The van der Waals surface area contributed by atoms with E-state index in [1.54, 1.807) is 12.3 Å². The lowest BCUT2D eigenvalue weighted by Crippen LogP contribution is -2.05. The predicted molar refractivity (Wildman–Crippen MR) is 46.9 cm³/mol. The zero-order chi connectivity index (χ0) is 8.43. The first-order chi connectivity index (χ1) is 5.11. The molecule has 0 fully saturated rings. The van der Waals surface area contributed by atoms with Gasteiger partial charge in [0.1, 0.15) is 5.15 Å². The van der Waals surface area contributed by atoms with Crippen molar-refractivity contribution in [3.8, 4) is 0 Å². The van der Waals surface area contributed by atoms with Gasteiger partial charge in [-0.25, -0.2) is 4.98 Å². The first-order valence-electron chi connectivity index (χ1n) is 3.18. The van der Waals surface area contributed by atoms with Crippen molar-refractivity contribution in [3.05, 3.63) is 28.0 Å². The van der Waals surface area contributed by atoms with E-state index in [1.807, 2.05) is 6.92 Å². The molecule has 1 heterocycles. The van der Waals surface area contributed by atoms with Gasteiger partial charge in [0.2, 0.25) is 0 Å². The number of pyridine rings is 1. The summed E-state index contributed by atoms with van der Waals surface area (Å²) >= 11 is 11.4. The van der Waals surface area contributed by atoms with Crippen LogP contribution in [-0.4, -0.2) is 4.98 Å². The van der Waals surface area contributed by atoms with Gasteiger partial charge in [-0.05, 0) is 13.0 Å². The first kappa shape index (κ1) is 8.78. The number of nitrogens with two attached hydrogens (primary N) is 1. The lowest BCUT2D eigenvalue weighted by atomic mass is 10.2. The number of rotatable bonds is 1. The third kappa shape index (κ3) is 2.06. The SMILES string of the molecule is CC(N)c1cnc(Cl)cc1Cl. The second kappa shape index (κ2) is 3.39. The Morgan fingerprint density at radius 2 is 2.18 bits per heavy atom. The second-order valence-electron chi connectivity index (χ2n) is 2.32. The van der Waals surface area contributed by atoms with Gasteiger partial charge in [0.05, 0.1) is 0 Å². The Kier molecular flexibility index (Phi) is 2.71. The normalized spacial score (nSPS) is 13.1. The Morgan fingerprint density at radius 3 is 2.64 bits per heavy atom. The Labute approximate surface area is 75.3 Å². The molecule has 0 saturated heterocycles. The van der Waals surface area contributed by atoms with Crippen LogP contribution in [0.1, 0.15) is 18.5 Å². The van der Waals surface area contributed by atoms with Crippen molar-refractivity contribution in [2.75, 3.05) is 0 Å². The third-order valence-electron chi connectivity index (χ3n) is 1.34. The third-order valence-corrected chi connectivity index (χ3v) is 1.87. The molecule has 0 bridgehead atoms. The van der Waals surface area contributed by atoms with Crippen LogP contribution in [0.4, 0.5) is 0 Å². The number of nitrogens with zero attached hydrogens (tertiary/aromatic N) is 1. The molecule has 2 N–H and O–H groups in total. The summed E-state index contributed by atoms with van der Waals surface area (Å²) in [6.45, 7) is 1.84. The van der Waals surface area contributed by atoms with Gasteiger partial charge in [0.15, 0.2) is 0 Å². The lowest BCUT2D eigenvalue weighted by Gasteiger charge is -2.06. The standard InChI is InChI=1S/C7H8Cl2N2/c1-4(10)5-3-11-7(9)2-6(5)8/h2-4H,10H2,1H3. The largest absolute Gasteiger partial charge is 0.324 e. The maximum atomic E-state index is 5.82. The molecule has 1 aromatic heterocycles. The highest BCUT2D eigenvalue weighted by atomic mass is 35.5. The fourth-order valence-electron chi connectivity index (χ4n) is 0.753. The van der Waals surface area contributed by atoms with Crippen molar-refractivity contribution >= 4 is 23.2 Å². The Bertz CT molecular complexity index is 261. The minimum Gasteiger partial charge on any atom is -0.324 e. The van der Waals surface area contributed by atoms with Crippen LogP contribution in [0, 0.1) is 0 Å². The van der Waals surface area contributed by atoms with Crippen molar-refractivity contribution < 1.29 is 0 Å². The molecule has 0 amide bonds. The van der Waals surface area contributed by atoms with E-state index in [1.165, 1.54) is 0 Å². The van der Waals surface area contributed by atoms with Crippen LogP contribution in [0.25, 0.3) is 0 Å². The molecule has 0 spiro atoms. The number of hydrogen-bond acceptors (Lipinski definition) is 2. The topological polar surface area (TPSA) is 38.9 Å². The molecule has 1 atom stereocenters. The highest BCUT2D eigenvalue weighted by Gasteiger charge is 2.05. The van der Waals surface area contributed by atoms with Crippen molar-refractivity contribution in [3.63, 3.8) is 0 Å². The molecule has 0 saturated carbocycles. The highest BCUT2D eigenvalue weighted by Crippen LogP contribution is 2.22. The number of aromatic nitrogens is 1. The molecule has 1 aromatic rings. The minimum absolute atomic E-state index is 0.104. The van der Waals surface area contributed by atoms with Crippen LogP contribution in [0.2, 0.25) is 10.2 Å².